The van der Waals surface area contributed by atoms with E-state index in [1.807, 2.05) is 27.7 Å². The molecule has 3 rings (SSSR count). The Morgan fingerprint density at radius 1 is 1.56 bits per heavy atom. The van der Waals surface area contributed by atoms with E-state index in [0.29, 0.717) is 18.4 Å². The van der Waals surface area contributed by atoms with Crippen molar-refractivity contribution in [2.24, 2.45) is 23.2 Å². The van der Waals surface area contributed by atoms with Gasteiger partial charge in [0.05, 0.1) is 5.92 Å². The highest BCUT2D eigenvalue weighted by Crippen LogP contribution is 2.56. The molecule has 0 amide bonds. The highest BCUT2D eigenvalue weighted by Gasteiger charge is 2.58. The van der Waals surface area contributed by atoms with Crippen molar-refractivity contribution in [3.8, 4) is 0 Å². The van der Waals surface area contributed by atoms with Crippen LogP contribution in [0.25, 0.3) is 0 Å². The summed E-state index contributed by atoms with van der Waals surface area (Å²) in [7, 11) is 0. The van der Waals surface area contributed by atoms with Crippen LogP contribution in [-0.4, -0.2) is 35.4 Å². The van der Waals surface area contributed by atoms with Crippen LogP contribution in [0.2, 0.25) is 0 Å². The summed E-state index contributed by atoms with van der Waals surface area (Å²) in [6, 6.07) is 0. The minimum absolute atomic E-state index is 0.00934. The van der Waals surface area contributed by atoms with Crippen molar-refractivity contribution in [3.63, 3.8) is 0 Å². The average molecular weight is 348 g/mol. The molecule has 7 atom stereocenters. The van der Waals surface area contributed by atoms with Crippen molar-refractivity contribution >= 4 is 11.9 Å². The summed E-state index contributed by atoms with van der Waals surface area (Å²) in [4.78, 5) is 24.3. The quantitative estimate of drug-likeness (QED) is 0.482. The Balaban J connectivity index is 1.92. The molecule has 1 N–H and O–H groups in total. The third-order valence-electron chi connectivity index (χ3n) is 6.54. The number of ether oxygens (including phenoxy) is 2. The van der Waals surface area contributed by atoms with Crippen LogP contribution in [0.1, 0.15) is 47.0 Å². The van der Waals surface area contributed by atoms with Gasteiger partial charge in [-0.1, -0.05) is 39.0 Å². The molecule has 1 saturated heterocycles. The molecule has 2 aliphatic carbocycles. The second-order valence-electron chi connectivity index (χ2n) is 8.14. The standard InChI is InChI=1S/C20H28O5/c1-6-10(2)18(22)25-17-15(21)7-11(3)14-8-13-12(4)19(23)24-16(13)9-20(14,17)5/h7,10,13-17,21H,4,6,8-9H2,1-3,5H3. The lowest BCUT2D eigenvalue weighted by Gasteiger charge is -2.53. The van der Waals surface area contributed by atoms with E-state index in [-0.39, 0.29) is 35.8 Å². The van der Waals surface area contributed by atoms with Gasteiger partial charge in [0.2, 0.25) is 0 Å². The van der Waals surface area contributed by atoms with E-state index >= 15 is 0 Å². The van der Waals surface area contributed by atoms with Crippen LogP contribution in [-0.2, 0) is 19.1 Å². The largest absolute Gasteiger partial charge is 0.458 e. The Morgan fingerprint density at radius 2 is 2.24 bits per heavy atom. The molecule has 0 radical (unpaired) electrons. The van der Waals surface area contributed by atoms with E-state index in [4.69, 9.17) is 9.47 Å². The normalized spacial score (nSPS) is 41.3. The summed E-state index contributed by atoms with van der Waals surface area (Å²) < 4.78 is 11.3. The first kappa shape index (κ1) is 18.2. The first-order valence-electron chi connectivity index (χ1n) is 9.15. The minimum atomic E-state index is -0.842. The summed E-state index contributed by atoms with van der Waals surface area (Å²) in [5, 5.41) is 10.6. The molecule has 0 bridgehead atoms. The molecule has 1 saturated carbocycles. The molecule has 2 fully saturated rings. The maximum Gasteiger partial charge on any atom is 0.334 e. The number of hydrogen-bond acceptors (Lipinski definition) is 5. The predicted octanol–water partition coefficient (Wildman–Crippen LogP) is 2.78. The average Bonchev–Trinajstić information content (AvgIpc) is 2.82. The molecule has 1 heterocycles. The van der Waals surface area contributed by atoms with Gasteiger partial charge in [-0.15, -0.1) is 0 Å². The SMILES string of the molecule is C=C1C(=O)OC2CC3(C)C(CC12)C(C)=CC(O)C3OC(=O)C(C)CC. The molecule has 1 aliphatic heterocycles. The maximum atomic E-state index is 12.4. The van der Waals surface area contributed by atoms with Crippen molar-refractivity contribution in [1.29, 1.82) is 0 Å². The molecule has 25 heavy (non-hydrogen) atoms. The van der Waals surface area contributed by atoms with Crippen LogP contribution in [0.5, 0.6) is 0 Å². The number of aliphatic hydroxyl groups excluding tert-OH is 1. The molecule has 0 aromatic rings. The van der Waals surface area contributed by atoms with E-state index in [9.17, 15) is 14.7 Å². The van der Waals surface area contributed by atoms with E-state index in [1.54, 1.807) is 6.08 Å². The lowest BCUT2D eigenvalue weighted by atomic mass is 9.55. The van der Waals surface area contributed by atoms with E-state index in [2.05, 4.69) is 6.58 Å². The Hall–Kier alpha value is -1.62. The molecular formula is C20H28O5. The van der Waals surface area contributed by atoms with Crippen molar-refractivity contribution < 1.29 is 24.2 Å². The second-order valence-corrected chi connectivity index (χ2v) is 8.14. The van der Waals surface area contributed by atoms with Gasteiger partial charge in [-0.05, 0) is 32.1 Å². The number of carbonyl (C=O) groups is 2. The first-order valence-corrected chi connectivity index (χ1v) is 9.15. The smallest absolute Gasteiger partial charge is 0.334 e. The fourth-order valence-corrected chi connectivity index (χ4v) is 4.74. The van der Waals surface area contributed by atoms with Crippen LogP contribution in [0.3, 0.4) is 0 Å². The van der Waals surface area contributed by atoms with Gasteiger partial charge >= 0.3 is 11.9 Å². The van der Waals surface area contributed by atoms with Crippen molar-refractivity contribution in [3.05, 3.63) is 23.8 Å². The topological polar surface area (TPSA) is 72.8 Å². The molecule has 0 aromatic heterocycles. The Kier molecular flexibility index (Phi) is 4.56. The minimum Gasteiger partial charge on any atom is -0.458 e. The van der Waals surface area contributed by atoms with Gasteiger partial charge in [-0.25, -0.2) is 4.79 Å². The molecule has 7 unspecified atom stereocenters. The highest BCUT2D eigenvalue weighted by molar-refractivity contribution is 5.90. The molecule has 0 spiro atoms. The summed E-state index contributed by atoms with van der Waals surface area (Å²) in [5.74, 6) is -0.683. The molecule has 0 aromatic carbocycles. The van der Waals surface area contributed by atoms with Gasteiger partial charge in [-0.3, -0.25) is 4.79 Å². The lowest BCUT2D eigenvalue weighted by molar-refractivity contribution is -0.182. The summed E-state index contributed by atoms with van der Waals surface area (Å²) in [6.45, 7) is 11.7. The number of fused-ring (bicyclic) bond motifs is 2. The van der Waals surface area contributed by atoms with Crippen LogP contribution in [0.4, 0.5) is 0 Å². The van der Waals surface area contributed by atoms with Crippen LogP contribution in [0, 0.1) is 23.2 Å². The van der Waals surface area contributed by atoms with Crippen molar-refractivity contribution in [2.45, 2.75) is 65.3 Å². The third kappa shape index (κ3) is 2.82. The molecule has 5 heteroatoms. The third-order valence-corrected chi connectivity index (χ3v) is 6.54. The van der Waals surface area contributed by atoms with Crippen LogP contribution >= 0.6 is 0 Å². The number of hydrogen-bond donors (Lipinski definition) is 1. The van der Waals surface area contributed by atoms with Crippen LogP contribution < -0.4 is 0 Å². The number of esters is 2. The zero-order valence-electron chi connectivity index (χ0n) is 15.5. The van der Waals surface area contributed by atoms with Crippen molar-refractivity contribution in [1.82, 2.24) is 0 Å². The highest BCUT2D eigenvalue weighted by atomic mass is 16.6. The lowest BCUT2D eigenvalue weighted by Crippen LogP contribution is -2.56. The van der Waals surface area contributed by atoms with E-state index in [0.717, 1.165) is 12.0 Å². The van der Waals surface area contributed by atoms with Gasteiger partial charge in [0.15, 0.2) is 0 Å². The van der Waals surface area contributed by atoms with Crippen LogP contribution in [0.15, 0.2) is 23.8 Å². The number of rotatable bonds is 3. The summed E-state index contributed by atoms with van der Waals surface area (Å²) in [6.07, 6.45) is 2.07. The maximum absolute atomic E-state index is 12.4. The van der Waals surface area contributed by atoms with Gasteiger partial charge < -0.3 is 14.6 Å². The first-order chi connectivity index (χ1) is 11.7. The summed E-state index contributed by atoms with van der Waals surface area (Å²) >= 11 is 0. The zero-order chi connectivity index (χ0) is 18.5. The summed E-state index contributed by atoms with van der Waals surface area (Å²) in [5.41, 5.74) is 1.16. The molecule has 3 aliphatic rings. The monoisotopic (exact) mass is 348 g/mol. The van der Waals surface area contributed by atoms with E-state index in [1.165, 1.54) is 0 Å². The van der Waals surface area contributed by atoms with Crippen molar-refractivity contribution in [2.75, 3.05) is 0 Å². The Bertz CT molecular complexity index is 636. The molecule has 5 nitrogen and oxygen atoms in total. The fourth-order valence-electron chi connectivity index (χ4n) is 4.74. The molecule has 138 valence electrons. The van der Waals surface area contributed by atoms with E-state index < -0.39 is 17.6 Å². The second kappa shape index (κ2) is 6.27. The number of allylic oxidation sites excluding steroid dienone is 1. The van der Waals surface area contributed by atoms with Gasteiger partial charge in [0, 0.05) is 16.9 Å². The Labute approximate surface area is 149 Å². The van der Waals surface area contributed by atoms with Gasteiger partial charge in [-0.2, -0.15) is 0 Å². The number of carbonyl (C=O) groups excluding carboxylic acids is 2. The molecular weight excluding hydrogens is 320 g/mol. The zero-order valence-corrected chi connectivity index (χ0v) is 15.5. The fraction of sp³-hybridized carbons (Fsp3) is 0.700. The Morgan fingerprint density at radius 3 is 2.88 bits per heavy atom. The van der Waals surface area contributed by atoms with Gasteiger partial charge in [0.1, 0.15) is 18.3 Å². The predicted molar refractivity (Wildman–Crippen MR) is 92.4 cm³/mol. The number of aliphatic hydroxyl groups is 1. The van der Waals surface area contributed by atoms with Gasteiger partial charge in [0.25, 0.3) is 0 Å².